The summed E-state index contributed by atoms with van der Waals surface area (Å²) in [5.41, 5.74) is -0.954. The normalized spacial score (nSPS) is 11.9. The van der Waals surface area contributed by atoms with E-state index in [2.05, 4.69) is 15.0 Å². The van der Waals surface area contributed by atoms with E-state index in [1.54, 1.807) is 0 Å². The summed E-state index contributed by atoms with van der Waals surface area (Å²) >= 11 is 0. The molecule has 0 amide bonds. The zero-order valence-corrected chi connectivity index (χ0v) is 9.85. The molecule has 0 atom stereocenters. The molecule has 2 aromatic heterocycles. The van der Waals surface area contributed by atoms with Gasteiger partial charge in [-0.25, -0.2) is 19.3 Å². The number of halogens is 3. The van der Waals surface area contributed by atoms with Crippen molar-refractivity contribution < 1.29 is 13.2 Å². The van der Waals surface area contributed by atoms with Crippen LogP contribution >= 0.6 is 0 Å². The molecule has 2 heterocycles. The number of H-pyrrole nitrogens is 1. The summed E-state index contributed by atoms with van der Waals surface area (Å²) in [5.74, 6) is 0.288. The lowest BCUT2D eigenvalue weighted by molar-refractivity contribution is -0.137. The Morgan fingerprint density at radius 3 is 2.65 bits per heavy atom. The van der Waals surface area contributed by atoms with E-state index in [0.29, 0.717) is 5.52 Å². The van der Waals surface area contributed by atoms with Crippen LogP contribution in [0.5, 0.6) is 0 Å². The quantitative estimate of drug-likeness (QED) is 0.742. The standard InChI is InChI=1S/C12H7F3N4O/c13-12(14,15)7-1-2-9-8(5-7)18-11(20)19(9)10-3-4-16-6-17-10/h1-6H,(H,18,20). The van der Waals surface area contributed by atoms with Crippen molar-refractivity contribution in [3.05, 3.63) is 52.8 Å². The Morgan fingerprint density at radius 2 is 2.00 bits per heavy atom. The van der Waals surface area contributed by atoms with Crippen LogP contribution in [0.25, 0.3) is 16.9 Å². The highest BCUT2D eigenvalue weighted by Gasteiger charge is 2.31. The summed E-state index contributed by atoms with van der Waals surface area (Å²) in [4.78, 5) is 21.9. The number of rotatable bonds is 1. The average molecular weight is 280 g/mol. The van der Waals surface area contributed by atoms with Gasteiger partial charge in [0.25, 0.3) is 0 Å². The predicted molar refractivity (Wildman–Crippen MR) is 64.5 cm³/mol. The van der Waals surface area contributed by atoms with Gasteiger partial charge >= 0.3 is 11.9 Å². The SMILES string of the molecule is O=c1[nH]c2cc(C(F)(F)F)ccc2n1-c1ccncn1. The fourth-order valence-corrected chi connectivity index (χ4v) is 1.93. The van der Waals surface area contributed by atoms with E-state index in [1.807, 2.05) is 0 Å². The number of alkyl halides is 3. The van der Waals surface area contributed by atoms with Crippen LogP contribution in [-0.2, 0) is 6.18 Å². The Bertz CT molecular complexity index is 820. The minimum absolute atomic E-state index is 0.100. The predicted octanol–water partition coefficient (Wildman–Crippen LogP) is 2.13. The number of aromatic amines is 1. The van der Waals surface area contributed by atoms with Crippen LogP contribution in [0.1, 0.15) is 5.56 Å². The monoisotopic (exact) mass is 280 g/mol. The maximum absolute atomic E-state index is 12.6. The molecule has 3 aromatic rings. The fourth-order valence-electron chi connectivity index (χ4n) is 1.93. The van der Waals surface area contributed by atoms with Crippen LogP contribution in [0.15, 0.2) is 41.6 Å². The first-order valence-corrected chi connectivity index (χ1v) is 5.55. The van der Waals surface area contributed by atoms with Crippen LogP contribution in [0, 0.1) is 0 Å². The molecule has 0 radical (unpaired) electrons. The van der Waals surface area contributed by atoms with Gasteiger partial charge in [0, 0.05) is 6.20 Å². The molecule has 0 saturated carbocycles. The van der Waals surface area contributed by atoms with Crippen molar-refractivity contribution >= 4 is 11.0 Å². The lowest BCUT2D eigenvalue weighted by atomic mass is 10.2. The van der Waals surface area contributed by atoms with Crippen LogP contribution in [-0.4, -0.2) is 19.5 Å². The Hall–Kier alpha value is -2.64. The third-order valence-corrected chi connectivity index (χ3v) is 2.80. The molecule has 0 aliphatic carbocycles. The Morgan fingerprint density at radius 1 is 1.20 bits per heavy atom. The average Bonchev–Trinajstić information content (AvgIpc) is 2.73. The first-order valence-electron chi connectivity index (χ1n) is 5.55. The summed E-state index contributed by atoms with van der Waals surface area (Å²) in [5, 5.41) is 0. The highest BCUT2D eigenvalue weighted by atomic mass is 19.4. The molecule has 1 aromatic carbocycles. The van der Waals surface area contributed by atoms with Gasteiger partial charge in [-0.2, -0.15) is 13.2 Å². The summed E-state index contributed by atoms with van der Waals surface area (Å²) < 4.78 is 39.1. The lowest BCUT2D eigenvalue weighted by Gasteiger charge is -2.06. The van der Waals surface area contributed by atoms with E-state index < -0.39 is 17.4 Å². The molecule has 0 bridgehead atoms. The fraction of sp³-hybridized carbons (Fsp3) is 0.0833. The van der Waals surface area contributed by atoms with Crippen LogP contribution in [0.3, 0.4) is 0 Å². The van der Waals surface area contributed by atoms with Gasteiger partial charge in [0.05, 0.1) is 16.6 Å². The van der Waals surface area contributed by atoms with Crippen molar-refractivity contribution in [3.63, 3.8) is 0 Å². The van der Waals surface area contributed by atoms with Crippen molar-refractivity contribution in [2.45, 2.75) is 6.18 Å². The third-order valence-electron chi connectivity index (χ3n) is 2.80. The van der Waals surface area contributed by atoms with Gasteiger partial charge < -0.3 is 4.98 Å². The molecule has 0 unspecified atom stereocenters. The van der Waals surface area contributed by atoms with Gasteiger partial charge in [0.2, 0.25) is 0 Å². The van der Waals surface area contributed by atoms with E-state index in [1.165, 1.54) is 29.2 Å². The number of benzene rings is 1. The van der Waals surface area contributed by atoms with E-state index in [9.17, 15) is 18.0 Å². The maximum Gasteiger partial charge on any atom is 0.416 e. The van der Waals surface area contributed by atoms with E-state index in [-0.39, 0.29) is 11.3 Å². The second-order valence-electron chi connectivity index (χ2n) is 4.06. The van der Waals surface area contributed by atoms with E-state index in [0.717, 1.165) is 12.1 Å². The summed E-state index contributed by atoms with van der Waals surface area (Å²) in [7, 11) is 0. The molecule has 0 fully saturated rings. The molecule has 5 nitrogen and oxygen atoms in total. The van der Waals surface area contributed by atoms with Gasteiger partial charge in [-0.05, 0) is 24.3 Å². The molecule has 1 N–H and O–H groups in total. The summed E-state index contributed by atoms with van der Waals surface area (Å²) in [6.07, 6.45) is -1.76. The highest BCUT2D eigenvalue weighted by molar-refractivity contribution is 5.77. The molecule has 102 valence electrons. The first kappa shape index (κ1) is 12.4. The molecule has 0 aliphatic heterocycles. The number of imidazole rings is 1. The first-order chi connectivity index (χ1) is 9.47. The van der Waals surface area contributed by atoms with Gasteiger partial charge in [-0.1, -0.05) is 0 Å². The van der Waals surface area contributed by atoms with Crippen molar-refractivity contribution in [1.29, 1.82) is 0 Å². The Labute approximate surface area is 109 Å². The second kappa shape index (κ2) is 4.19. The zero-order valence-electron chi connectivity index (χ0n) is 9.85. The summed E-state index contributed by atoms with van der Waals surface area (Å²) in [6.45, 7) is 0. The minimum Gasteiger partial charge on any atom is -0.305 e. The molecular weight excluding hydrogens is 273 g/mol. The molecule has 20 heavy (non-hydrogen) atoms. The van der Waals surface area contributed by atoms with Crippen LogP contribution in [0.4, 0.5) is 13.2 Å². The Balaban J connectivity index is 2.26. The summed E-state index contributed by atoms with van der Waals surface area (Å²) in [6, 6.07) is 4.55. The van der Waals surface area contributed by atoms with Crippen molar-refractivity contribution in [2.75, 3.05) is 0 Å². The zero-order chi connectivity index (χ0) is 14.3. The van der Waals surface area contributed by atoms with Gasteiger partial charge in [-0.15, -0.1) is 0 Å². The number of aromatic nitrogens is 4. The number of fused-ring (bicyclic) bond motifs is 1. The molecule has 3 rings (SSSR count). The molecule has 0 spiro atoms. The second-order valence-corrected chi connectivity index (χ2v) is 4.06. The van der Waals surface area contributed by atoms with Crippen molar-refractivity contribution in [2.24, 2.45) is 0 Å². The number of hydrogen-bond donors (Lipinski definition) is 1. The third kappa shape index (κ3) is 1.94. The molecule has 8 heteroatoms. The number of nitrogens with zero attached hydrogens (tertiary/aromatic N) is 3. The van der Waals surface area contributed by atoms with Gasteiger partial charge in [0.15, 0.2) is 0 Å². The largest absolute Gasteiger partial charge is 0.416 e. The number of nitrogens with one attached hydrogen (secondary N) is 1. The maximum atomic E-state index is 12.6. The molecular formula is C12H7F3N4O. The van der Waals surface area contributed by atoms with Crippen molar-refractivity contribution in [1.82, 2.24) is 19.5 Å². The van der Waals surface area contributed by atoms with Gasteiger partial charge in [0.1, 0.15) is 12.1 Å². The smallest absolute Gasteiger partial charge is 0.305 e. The van der Waals surface area contributed by atoms with Gasteiger partial charge in [-0.3, -0.25) is 0 Å². The van der Waals surface area contributed by atoms with Crippen LogP contribution in [0.2, 0.25) is 0 Å². The number of hydrogen-bond acceptors (Lipinski definition) is 3. The Kier molecular flexibility index (Phi) is 2.60. The minimum atomic E-state index is -4.46. The molecule has 0 saturated heterocycles. The topological polar surface area (TPSA) is 63.6 Å². The van der Waals surface area contributed by atoms with E-state index >= 15 is 0 Å². The van der Waals surface area contributed by atoms with E-state index in [4.69, 9.17) is 0 Å². The molecule has 0 aliphatic rings. The lowest BCUT2D eigenvalue weighted by Crippen LogP contribution is -2.15. The van der Waals surface area contributed by atoms with Crippen LogP contribution < -0.4 is 5.69 Å². The van der Waals surface area contributed by atoms with Crippen molar-refractivity contribution in [3.8, 4) is 5.82 Å². The highest BCUT2D eigenvalue weighted by Crippen LogP contribution is 2.30.